The van der Waals surface area contributed by atoms with Crippen LogP contribution in [0.3, 0.4) is 0 Å². The average molecular weight is 345 g/mol. The Bertz CT molecular complexity index is 770. The fraction of sp³-hybridized carbons (Fsp3) is 0.389. The lowest BCUT2D eigenvalue weighted by molar-refractivity contribution is -0.127. The minimum absolute atomic E-state index is 0.180. The molecule has 0 aliphatic carbocycles. The highest BCUT2D eigenvalue weighted by Gasteiger charge is 2.22. The molecule has 0 unspecified atom stereocenters. The summed E-state index contributed by atoms with van der Waals surface area (Å²) in [6.45, 7) is 3.56. The van der Waals surface area contributed by atoms with Crippen molar-refractivity contribution in [3.8, 4) is 11.3 Å². The number of nitrogens with zero attached hydrogens (tertiary/aromatic N) is 2. The summed E-state index contributed by atoms with van der Waals surface area (Å²) in [6, 6.07) is 5.74. The predicted octanol–water partition coefficient (Wildman–Crippen LogP) is 2.53. The maximum Gasteiger partial charge on any atom is 0.257 e. The first-order valence-corrected chi connectivity index (χ1v) is 8.34. The van der Waals surface area contributed by atoms with E-state index in [2.05, 4.69) is 10.5 Å². The van der Waals surface area contributed by atoms with Crippen LogP contribution in [0, 0.1) is 12.7 Å². The lowest BCUT2D eigenvalue weighted by Crippen LogP contribution is -2.30. The maximum atomic E-state index is 13.1. The van der Waals surface area contributed by atoms with Gasteiger partial charge in [-0.1, -0.05) is 5.16 Å². The molecule has 3 rings (SSSR count). The first kappa shape index (κ1) is 17.1. The Balaban J connectivity index is 1.61. The number of carbonyl (C=O) groups excluding carboxylic acids is 2. The number of halogens is 1. The Hall–Kier alpha value is -2.70. The number of aromatic nitrogens is 1. The number of likely N-dealkylation sites (tertiary alicyclic amines) is 1. The monoisotopic (exact) mass is 345 g/mol. The number of amides is 2. The number of nitrogens with one attached hydrogen (secondary N) is 1. The topological polar surface area (TPSA) is 75.4 Å². The van der Waals surface area contributed by atoms with Gasteiger partial charge in [0.15, 0.2) is 0 Å². The van der Waals surface area contributed by atoms with Gasteiger partial charge in [0, 0.05) is 31.6 Å². The highest BCUT2D eigenvalue weighted by molar-refractivity contribution is 6.00. The number of carbonyl (C=O) groups is 2. The molecule has 0 bridgehead atoms. The molecule has 25 heavy (non-hydrogen) atoms. The van der Waals surface area contributed by atoms with E-state index in [1.54, 1.807) is 19.1 Å². The molecule has 0 saturated carbocycles. The molecule has 1 aliphatic heterocycles. The van der Waals surface area contributed by atoms with Crippen LogP contribution in [0.2, 0.25) is 0 Å². The molecule has 1 saturated heterocycles. The third-order valence-electron chi connectivity index (χ3n) is 4.27. The molecule has 2 aromatic rings. The van der Waals surface area contributed by atoms with Gasteiger partial charge >= 0.3 is 0 Å². The van der Waals surface area contributed by atoms with Crippen molar-refractivity contribution >= 4 is 11.8 Å². The summed E-state index contributed by atoms with van der Waals surface area (Å²) in [7, 11) is 0. The number of hydrogen-bond acceptors (Lipinski definition) is 4. The summed E-state index contributed by atoms with van der Waals surface area (Å²) in [5.41, 5.74) is 1.36. The van der Waals surface area contributed by atoms with Crippen LogP contribution >= 0.6 is 0 Å². The molecular weight excluding hydrogens is 325 g/mol. The van der Waals surface area contributed by atoms with E-state index >= 15 is 0 Å². The maximum absolute atomic E-state index is 13.1. The zero-order valence-corrected chi connectivity index (χ0v) is 14.0. The average Bonchev–Trinajstić information content (AvgIpc) is 3.18. The predicted molar refractivity (Wildman–Crippen MR) is 89.4 cm³/mol. The second kappa shape index (κ2) is 7.46. The Morgan fingerprint density at radius 2 is 2.12 bits per heavy atom. The Morgan fingerprint density at radius 3 is 2.80 bits per heavy atom. The van der Waals surface area contributed by atoms with Crippen molar-refractivity contribution in [1.29, 1.82) is 0 Å². The smallest absolute Gasteiger partial charge is 0.257 e. The van der Waals surface area contributed by atoms with Gasteiger partial charge in [-0.25, -0.2) is 4.39 Å². The van der Waals surface area contributed by atoms with E-state index in [-0.39, 0.29) is 17.6 Å². The van der Waals surface area contributed by atoms with Crippen LogP contribution in [0.4, 0.5) is 4.39 Å². The third kappa shape index (κ3) is 3.87. The van der Waals surface area contributed by atoms with Gasteiger partial charge in [0.1, 0.15) is 22.8 Å². The normalized spacial score (nSPS) is 14.2. The molecule has 0 spiro atoms. The van der Waals surface area contributed by atoms with Crippen molar-refractivity contribution in [3.05, 3.63) is 41.4 Å². The van der Waals surface area contributed by atoms with Crippen molar-refractivity contribution < 1.29 is 18.5 Å². The van der Waals surface area contributed by atoms with Gasteiger partial charge in [-0.3, -0.25) is 9.59 Å². The van der Waals surface area contributed by atoms with Crippen LogP contribution in [-0.2, 0) is 4.79 Å². The molecular formula is C18H20FN3O3. The summed E-state index contributed by atoms with van der Waals surface area (Å²) in [4.78, 5) is 25.9. The molecule has 2 amide bonds. The van der Waals surface area contributed by atoms with Crippen molar-refractivity contribution in [2.75, 3.05) is 19.6 Å². The molecule has 1 N–H and O–H groups in total. The molecule has 132 valence electrons. The Labute approximate surface area is 145 Å². The van der Waals surface area contributed by atoms with Gasteiger partial charge in [0.05, 0.1) is 0 Å². The van der Waals surface area contributed by atoms with E-state index in [1.165, 1.54) is 12.1 Å². The zero-order valence-electron chi connectivity index (χ0n) is 14.0. The first-order chi connectivity index (χ1) is 12.1. The van der Waals surface area contributed by atoms with E-state index in [1.807, 2.05) is 4.90 Å². The van der Waals surface area contributed by atoms with Crippen LogP contribution in [0.25, 0.3) is 11.3 Å². The highest BCUT2D eigenvalue weighted by Crippen LogP contribution is 2.25. The van der Waals surface area contributed by atoms with E-state index in [9.17, 15) is 14.0 Å². The summed E-state index contributed by atoms with van der Waals surface area (Å²) >= 11 is 0. The minimum Gasteiger partial charge on any atom is -0.360 e. The fourth-order valence-corrected chi connectivity index (χ4v) is 2.95. The molecule has 1 fully saturated rings. The van der Waals surface area contributed by atoms with Gasteiger partial charge < -0.3 is 14.7 Å². The third-order valence-corrected chi connectivity index (χ3v) is 4.27. The van der Waals surface area contributed by atoms with Crippen molar-refractivity contribution in [1.82, 2.24) is 15.4 Å². The SMILES string of the molecule is Cc1onc(-c2ccc(F)cc2)c1C(=O)NCCCN1CCCC1=O. The number of aryl methyl sites for hydroxylation is 1. The molecule has 1 aromatic heterocycles. The van der Waals surface area contributed by atoms with Gasteiger partial charge in [-0.05, 0) is 44.0 Å². The van der Waals surface area contributed by atoms with Gasteiger partial charge in [-0.15, -0.1) is 0 Å². The fourth-order valence-electron chi connectivity index (χ4n) is 2.95. The number of benzene rings is 1. The quantitative estimate of drug-likeness (QED) is 0.817. The minimum atomic E-state index is -0.355. The molecule has 0 radical (unpaired) electrons. The summed E-state index contributed by atoms with van der Waals surface area (Å²) in [5.74, 6) is -0.0522. The molecule has 7 heteroatoms. The van der Waals surface area contributed by atoms with Crippen LogP contribution in [0.1, 0.15) is 35.4 Å². The van der Waals surface area contributed by atoms with Crippen LogP contribution in [0.15, 0.2) is 28.8 Å². The molecule has 1 aliphatic rings. The van der Waals surface area contributed by atoms with E-state index in [0.717, 1.165) is 13.0 Å². The zero-order chi connectivity index (χ0) is 17.8. The first-order valence-electron chi connectivity index (χ1n) is 8.34. The van der Waals surface area contributed by atoms with Crippen molar-refractivity contribution in [2.24, 2.45) is 0 Å². The summed E-state index contributed by atoms with van der Waals surface area (Å²) < 4.78 is 18.2. The second-order valence-corrected chi connectivity index (χ2v) is 6.06. The number of hydrogen-bond donors (Lipinski definition) is 1. The molecule has 6 nitrogen and oxygen atoms in total. The van der Waals surface area contributed by atoms with Crippen LogP contribution in [0.5, 0.6) is 0 Å². The summed E-state index contributed by atoms with van der Waals surface area (Å²) in [5, 5.41) is 6.76. The molecule has 1 aromatic carbocycles. The Morgan fingerprint density at radius 1 is 1.36 bits per heavy atom. The van der Waals surface area contributed by atoms with E-state index < -0.39 is 0 Å². The van der Waals surface area contributed by atoms with Gasteiger partial charge in [0.2, 0.25) is 5.91 Å². The summed E-state index contributed by atoms with van der Waals surface area (Å²) in [6.07, 6.45) is 2.22. The van der Waals surface area contributed by atoms with E-state index in [0.29, 0.717) is 48.5 Å². The lowest BCUT2D eigenvalue weighted by atomic mass is 10.1. The van der Waals surface area contributed by atoms with Gasteiger partial charge in [-0.2, -0.15) is 0 Å². The van der Waals surface area contributed by atoms with Crippen LogP contribution < -0.4 is 5.32 Å². The molecule has 0 atom stereocenters. The highest BCUT2D eigenvalue weighted by atomic mass is 19.1. The van der Waals surface area contributed by atoms with Crippen molar-refractivity contribution in [2.45, 2.75) is 26.2 Å². The largest absolute Gasteiger partial charge is 0.360 e. The van der Waals surface area contributed by atoms with E-state index in [4.69, 9.17) is 4.52 Å². The number of rotatable bonds is 6. The van der Waals surface area contributed by atoms with Crippen molar-refractivity contribution in [3.63, 3.8) is 0 Å². The van der Waals surface area contributed by atoms with Gasteiger partial charge in [0.25, 0.3) is 5.91 Å². The second-order valence-electron chi connectivity index (χ2n) is 6.06. The molecule has 2 heterocycles. The van der Waals surface area contributed by atoms with Crippen LogP contribution in [-0.4, -0.2) is 41.5 Å². The lowest BCUT2D eigenvalue weighted by Gasteiger charge is -2.15. The Kier molecular flexibility index (Phi) is 5.11. The standard InChI is InChI=1S/C18H20FN3O3/c1-12-16(17(21-25-12)13-5-7-14(19)8-6-13)18(24)20-9-3-11-22-10-2-4-15(22)23/h5-8H,2-4,9-11H2,1H3,(H,20,24).